The molecule has 0 radical (unpaired) electrons. The molecule has 4 atom stereocenters. The Morgan fingerprint density at radius 2 is 2.13 bits per heavy atom. The smallest absolute Gasteiger partial charge is 0.348 e. The minimum absolute atomic E-state index is 0.00467. The van der Waals surface area contributed by atoms with E-state index in [-0.39, 0.29) is 12.2 Å². The van der Waals surface area contributed by atoms with E-state index in [1.165, 1.54) is 26.3 Å². The van der Waals surface area contributed by atoms with Gasteiger partial charge in [-0.3, -0.25) is 13.5 Å². The van der Waals surface area contributed by atoms with Crippen LogP contribution in [0.5, 0.6) is 0 Å². The lowest BCUT2D eigenvalue weighted by Gasteiger charge is -2.26. The average Bonchev–Trinajstić information content (AvgIpc) is 2.99. The Balaban J connectivity index is 1.80. The van der Waals surface area contributed by atoms with Crippen LogP contribution in [0.15, 0.2) is 47.4 Å². The van der Waals surface area contributed by atoms with Crippen LogP contribution in [0.4, 0.5) is 10.2 Å². The molecule has 12 heteroatoms. The van der Waals surface area contributed by atoms with E-state index < -0.39 is 35.7 Å². The lowest BCUT2D eigenvalue weighted by Crippen LogP contribution is -2.43. The Labute approximate surface area is 181 Å². The van der Waals surface area contributed by atoms with Gasteiger partial charge in [0.25, 0.3) is 5.91 Å². The van der Waals surface area contributed by atoms with Crippen molar-refractivity contribution in [2.24, 2.45) is 0 Å². The Kier molecular flexibility index (Phi) is 7.51. The molecule has 10 nitrogen and oxygen atoms in total. The molecule has 2 heterocycles. The fourth-order valence-corrected chi connectivity index (χ4v) is 3.65. The molecule has 0 saturated carbocycles. The van der Waals surface area contributed by atoms with Crippen molar-refractivity contribution >= 4 is 30.3 Å². The van der Waals surface area contributed by atoms with Gasteiger partial charge in [-0.1, -0.05) is 18.2 Å². The van der Waals surface area contributed by atoms with Crippen molar-refractivity contribution in [3.8, 4) is 0 Å². The van der Waals surface area contributed by atoms with Crippen molar-refractivity contribution in [2.45, 2.75) is 37.4 Å². The highest BCUT2D eigenvalue weighted by Crippen LogP contribution is 2.44. The monoisotopic (exact) mass is 453 g/mol. The molecule has 1 unspecified atom stereocenters. The third kappa shape index (κ3) is 5.17. The molecule has 0 aliphatic carbocycles. The summed E-state index contributed by atoms with van der Waals surface area (Å²) in [6.07, 6.45) is -2.00. The standard InChI is InChI=1S/C19H20FN3O7S/c1-19(20)15(29-31-30-27-2)13(9-11-24)28-17(19)23-10-8-14(22-18(23)26)21-16(25)12-6-4-3-5-7-12/h3-8,10-11,13,15,17H,9H2,1-2H3,(H,21,22,25,26)/t13-,15?,17-,19-/m1/s1. The summed E-state index contributed by atoms with van der Waals surface area (Å²) in [5.41, 5.74) is -2.69. The molecular formula is C19H20FN3O7S. The van der Waals surface area contributed by atoms with Gasteiger partial charge in [0.05, 0.1) is 13.2 Å². The maximum Gasteiger partial charge on any atom is 0.351 e. The van der Waals surface area contributed by atoms with Crippen LogP contribution in [0.1, 0.15) is 29.9 Å². The topological polar surface area (TPSA) is 118 Å². The second-order valence-corrected chi connectivity index (χ2v) is 7.19. The molecule has 1 aromatic carbocycles. The van der Waals surface area contributed by atoms with Gasteiger partial charge in [-0.25, -0.2) is 14.1 Å². The summed E-state index contributed by atoms with van der Waals surface area (Å²) >= 11 is 0.382. The Morgan fingerprint density at radius 3 is 2.77 bits per heavy atom. The molecule has 166 valence electrons. The van der Waals surface area contributed by atoms with Crippen LogP contribution in [-0.2, 0) is 22.9 Å². The number of hydrogen-bond acceptors (Lipinski definition) is 9. The van der Waals surface area contributed by atoms with Gasteiger partial charge in [-0.15, -0.1) is 4.33 Å². The second kappa shape index (κ2) is 10.1. The number of ether oxygens (including phenoxy) is 1. The summed E-state index contributed by atoms with van der Waals surface area (Å²) in [4.78, 5) is 43.9. The minimum atomic E-state index is -2.22. The number of alkyl halides is 1. The third-order valence-corrected chi connectivity index (χ3v) is 5.09. The van der Waals surface area contributed by atoms with E-state index in [1.807, 2.05) is 0 Å². The van der Waals surface area contributed by atoms with Crippen LogP contribution in [0.2, 0.25) is 0 Å². The summed E-state index contributed by atoms with van der Waals surface area (Å²) in [6.45, 7) is 1.18. The van der Waals surface area contributed by atoms with Crippen LogP contribution in [0.25, 0.3) is 0 Å². The van der Waals surface area contributed by atoms with E-state index in [9.17, 15) is 14.4 Å². The average molecular weight is 453 g/mol. The van der Waals surface area contributed by atoms with Crippen LogP contribution in [0.3, 0.4) is 0 Å². The molecule has 1 N–H and O–H groups in total. The SMILES string of the molecule is COOSOC1[C@@H](CC=O)O[C@@H](n2ccc(NC(=O)c3ccccc3)nc2=O)[C@]1(C)F. The molecule has 2 aromatic rings. The number of rotatable bonds is 9. The van der Waals surface area contributed by atoms with Crippen molar-refractivity contribution < 1.29 is 32.1 Å². The van der Waals surface area contributed by atoms with Gasteiger partial charge in [0.1, 0.15) is 18.2 Å². The lowest BCUT2D eigenvalue weighted by atomic mass is 9.97. The zero-order valence-electron chi connectivity index (χ0n) is 16.6. The molecule has 3 rings (SSSR count). The number of carbonyl (C=O) groups is 2. The predicted octanol–water partition coefficient (Wildman–Crippen LogP) is 2.24. The minimum Gasteiger partial charge on any atom is -0.348 e. The highest BCUT2D eigenvalue weighted by atomic mass is 32.2. The van der Waals surface area contributed by atoms with Gasteiger partial charge in [0, 0.05) is 18.2 Å². The van der Waals surface area contributed by atoms with E-state index in [0.717, 1.165) is 4.57 Å². The number of halogens is 1. The van der Waals surface area contributed by atoms with Crippen LogP contribution in [-0.4, -0.2) is 46.7 Å². The van der Waals surface area contributed by atoms with Gasteiger partial charge in [-0.05, 0) is 25.1 Å². The zero-order chi connectivity index (χ0) is 22.4. The summed E-state index contributed by atoms with van der Waals surface area (Å²) in [6, 6.07) is 9.72. The molecular weight excluding hydrogens is 433 g/mol. The van der Waals surface area contributed by atoms with Crippen molar-refractivity contribution in [3.63, 3.8) is 0 Å². The van der Waals surface area contributed by atoms with Gasteiger partial charge < -0.3 is 14.8 Å². The number of amides is 1. The zero-order valence-corrected chi connectivity index (χ0v) is 17.4. The number of anilines is 1. The Morgan fingerprint density at radius 1 is 1.39 bits per heavy atom. The number of aromatic nitrogens is 2. The molecule has 1 saturated heterocycles. The van der Waals surface area contributed by atoms with E-state index in [2.05, 4.69) is 19.5 Å². The largest absolute Gasteiger partial charge is 0.351 e. The van der Waals surface area contributed by atoms with Crippen molar-refractivity contribution in [2.75, 3.05) is 12.4 Å². The quantitative estimate of drug-likeness (QED) is 0.200. The summed E-state index contributed by atoms with van der Waals surface area (Å²) in [7, 11) is 1.24. The predicted molar refractivity (Wildman–Crippen MR) is 108 cm³/mol. The highest BCUT2D eigenvalue weighted by molar-refractivity contribution is 7.89. The lowest BCUT2D eigenvalue weighted by molar-refractivity contribution is -0.170. The van der Waals surface area contributed by atoms with Crippen LogP contribution >= 0.6 is 12.3 Å². The molecule has 1 aromatic heterocycles. The normalized spacial score (nSPS) is 25.3. The number of nitrogens with zero attached hydrogens (tertiary/aromatic N) is 2. The molecule has 31 heavy (non-hydrogen) atoms. The third-order valence-electron chi connectivity index (χ3n) is 4.61. The first-order valence-electron chi connectivity index (χ1n) is 9.15. The summed E-state index contributed by atoms with van der Waals surface area (Å²) in [5, 5.41) is 2.51. The number of nitrogens with one attached hydrogen (secondary N) is 1. The fourth-order valence-electron chi connectivity index (χ4n) is 3.17. The summed E-state index contributed by atoms with van der Waals surface area (Å²) < 4.78 is 31.9. The fraction of sp³-hybridized carbons (Fsp3) is 0.368. The van der Waals surface area contributed by atoms with E-state index in [4.69, 9.17) is 8.92 Å². The number of carbonyl (C=O) groups excluding carboxylic acids is 2. The highest BCUT2D eigenvalue weighted by Gasteiger charge is 2.57. The van der Waals surface area contributed by atoms with Crippen molar-refractivity contribution in [1.29, 1.82) is 0 Å². The molecule has 1 fully saturated rings. The molecule has 1 aliphatic rings. The van der Waals surface area contributed by atoms with Crippen molar-refractivity contribution in [3.05, 3.63) is 58.6 Å². The number of aldehydes is 1. The van der Waals surface area contributed by atoms with Gasteiger partial charge >= 0.3 is 5.69 Å². The summed E-state index contributed by atoms with van der Waals surface area (Å²) in [5.74, 6) is -0.456. The molecule has 0 bridgehead atoms. The van der Waals surface area contributed by atoms with Crippen LogP contribution < -0.4 is 11.0 Å². The number of hydrogen-bond donors (Lipinski definition) is 1. The van der Waals surface area contributed by atoms with Crippen LogP contribution in [0, 0.1) is 0 Å². The first-order chi connectivity index (χ1) is 14.9. The number of benzene rings is 1. The first-order valence-corrected chi connectivity index (χ1v) is 9.81. The van der Waals surface area contributed by atoms with Gasteiger partial charge in [0.2, 0.25) is 0 Å². The Bertz CT molecular complexity index is 972. The maximum absolute atomic E-state index is 15.6. The first kappa shape index (κ1) is 23.0. The maximum atomic E-state index is 15.6. The van der Waals surface area contributed by atoms with E-state index >= 15 is 4.39 Å². The van der Waals surface area contributed by atoms with Gasteiger partial charge in [-0.2, -0.15) is 4.98 Å². The van der Waals surface area contributed by atoms with Gasteiger partial charge in [0.15, 0.2) is 24.2 Å². The Hall–Kier alpha value is -2.64. The molecule has 1 aliphatic heterocycles. The molecule has 1 amide bonds. The van der Waals surface area contributed by atoms with E-state index in [0.29, 0.717) is 24.2 Å². The van der Waals surface area contributed by atoms with Crippen molar-refractivity contribution in [1.82, 2.24) is 9.55 Å². The second-order valence-electron chi connectivity index (χ2n) is 6.72. The molecule has 0 spiro atoms. The van der Waals surface area contributed by atoms with E-state index in [1.54, 1.807) is 30.3 Å².